The van der Waals surface area contributed by atoms with Gasteiger partial charge in [0.25, 0.3) is 0 Å². The summed E-state index contributed by atoms with van der Waals surface area (Å²) in [4.78, 5) is 20.2. The molecule has 3 aromatic carbocycles. The second kappa shape index (κ2) is 10.1. The van der Waals surface area contributed by atoms with Gasteiger partial charge in [-0.3, -0.25) is 4.84 Å². The second-order valence-corrected chi connectivity index (χ2v) is 10.5. The highest BCUT2D eigenvalue weighted by Gasteiger charge is 2.55. The van der Waals surface area contributed by atoms with Crippen molar-refractivity contribution < 1.29 is 14.4 Å². The summed E-state index contributed by atoms with van der Waals surface area (Å²) in [7, 11) is 0. The van der Waals surface area contributed by atoms with E-state index in [0.717, 1.165) is 35.6 Å². The Bertz CT molecular complexity index is 1160. The van der Waals surface area contributed by atoms with E-state index < -0.39 is 0 Å². The fraction of sp³-hybridized carbons (Fsp3) is 0.452. The third kappa shape index (κ3) is 4.74. The van der Waals surface area contributed by atoms with Crippen molar-refractivity contribution in [1.29, 1.82) is 0 Å². The number of hydrogen-bond donors (Lipinski definition) is 0. The minimum Gasteiger partial charge on any atom is -0.458 e. The van der Waals surface area contributed by atoms with Gasteiger partial charge in [0.05, 0.1) is 5.56 Å². The lowest BCUT2D eigenvalue weighted by Crippen LogP contribution is -2.68. The van der Waals surface area contributed by atoms with E-state index in [4.69, 9.17) is 9.57 Å². The Balaban J connectivity index is 1.62. The molecule has 4 heteroatoms. The molecular formula is C31H39NO3. The lowest BCUT2D eigenvalue weighted by atomic mass is 9.69. The average Bonchev–Trinajstić information content (AvgIpc) is 2.89. The van der Waals surface area contributed by atoms with E-state index in [1.54, 1.807) is 0 Å². The maximum atomic E-state index is 13.4. The first-order chi connectivity index (χ1) is 16.7. The number of fused-ring (bicyclic) bond motifs is 1. The van der Waals surface area contributed by atoms with Crippen LogP contribution in [0.25, 0.3) is 10.8 Å². The van der Waals surface area contributed by atoms with E-state index in [1.807, 2.05) is 48.5 Å². The van der Waals surface area contributed by atoms with Crippen LogP contribution < -0.4 is 0 Å². The Morgan fingerprint density at radius 2 is 1.63 bits per heavy atom. The fourth-order valence-electron chi connectivity index (χ4n) is 5.59. The predicted octanol–water partition coefficient (Wildman–Crippen LogP) is 7.74. The number of benzene rings is 3. The van der Waals surface area contributed by atoms with Crippen LogP contribution in [0.5, 0.6) is 0 Å². The van der Waals surface area contributed by atoms with Gasteiger partial charge in [-0.05, 0) is 56.0 Å². The molecule has 0 aromatic heterocycles. The molecule has 1 heterocycles. The third-order valence-electron chi connectivity index (χ3n) is 8.41. The zero-order chi connectivity index (χ0) is 25.2. The van der Waals surface area contributed by atoms with Crippen LogP contribution in [0.4, 0.5) is 0 Å². The van der Waals surface area contributed by atoms with Crippen molar-refractivity contribution in [3.05, 3.63) is 83.9 Å². The van der Waals surface area contributed by atoms with Gasteiger partial charge in [0.15, 0.2) is 0 Å². The Morgan fingerprint density at radius 3 is 2.31 bits per heavy atom. The van der Waals surface area contributed by atoms with Crippen molar-refractivity contribution >= 4 is 16.7 Å². The summed E-state index contributed by atoms with van der Waals surface area (Å²) in [5, 5.41) is 4.22. The number of nitrogens with zero attached hydrogens (tertiary/aromatic N) is 1. The predicted molar refractivity (Wildman–Crippen MR) is 142 cm³/mol. The van der Waals surface area contributed by atoms with Gasteiger partial charge < -0.3 is 4.74 Å². The first-order valence-corrected chi connectivity index (χ1v) is 12.9. The lowest BCUT2D eigenvalue weighted by molar-refractivity contribution is -0.335. The lowest BCUT2D eigenvalue weighted by Gasteiger charge is -2.59. The minimum absolute atomic E-state index is 0.0741. The summed E-state index contributed by atoms with van der Waals surface area (Å²) in [5.41, 5.74) is 1.21. The number of esters is 1. The van der Waals surface area contributed by atoms with Gasteiger partial charge in [-0.25, -0.2) is 4.79 Å². The van der Waals surface area contributed by atoms with Crippen LogP contribution >= 0.6 is 0 Å². The van der Waals surface area contributed by atoms with Crippen molar-refractivity contribution in [2.75, 3.05) is 0 Å². The highest BCUT2D eigenvalue weighted by Crippen LogP contribution is 2.48. The summed E-state index contributed by atoms with van der Waals surface area (Å²) in [6, 6.07) is 24.1. The first kappa shape index (κ1) is 25.4. The molecule has 0 radical (unpaired) electrons. The summed E-state index contributed by atoms with van der Waals surface area (Å²) < 4.78 is 6.31. The Hall–Kier alpha value is -2.69. The number of carbonyl (C=O) groups excluding carboxylic acids is 1. The smallest absolute Gasteiger partial charge is 0.339 e. The zero-order valence-electron chi connectivity index (χ0n) is 22.0. The van der Waals surface area contributed by atoms with Gasteiger partial charge in [0, 0.05) is 23.4 Å². The van der Waals surface area contributed by atoms with Crippen LogP contribution in [-0.4, -0.2) is 28.2 Å². The molecule has 0 aliphatic carbocycles. The van der Waals surface area contributed by atoms with Crippen LogP contribution in [0.15, 0.2) is 72.8 Å². The van der Waals surface area contributed by atoms with Gasteiger partial charge >= 0.3 is 5.97 Å². The van der Waals surface area contributed by atoms with Gasteiger partial charge in [-0.1, -0.05) is 87.5 Å². The number of rotatable bonds is 7. The van der Waals surface area contributed by atoms with Gasteiger partial charge in [-0.15, -0.1) is 0 Å². The van der Waals surface area contributed by atoms with Gasteiger partial charge in [0.1, 0.15) is 12.2 Å². The molecule has 1 saturated heterocycles. The zero-order valence-corrected chi connectivity index (χ0v) is 22.0. The van der Waals surface area contributed by atoms with Crippen molar-refractivity contribution in [1.82, 2.24) is 5.06 Å². The van der Waals surface area contributed by atoms with Gasteiger partial charge in [0.2, 0.25) is 0 Å². The average molecular weight is 474 g/mol. The highest BCUT2D eigenvalue weighted by atomic mass is 16.7. The summed E-state index contributed by atoms with van der Waals surface area (Å²) in [5.74, 6) is -0.156. The molecule has 0 spiro atoms. The monoisotopic (exact) mass is 473 g/mol. The number of hydroxylamine groups is 2. The van der Waals surface area contributed by atoms with Crippen LogP contribution in [0.1, 0.15) is 82.8 Å². The van der Waals surface area contributed by atoms with Crippen molar-refractivity contribution in [2.45, 2.75) is 84.1 Å². The molecule has 35 heavy (non-hydrogen) atoms. The summed E-state index contributed by atoms with van der Waals surface area (Å²) >= 11 is 0. The molecule has 1 fully saturated rings. The van der Waals surface area contributed by atoms with E-state index in [9.17, 15) is 4.79 Å². The van der Waals surface area contributed by atoms with E-state index in [0.29, 0.717) is 5.56 Å². The molecule has 0 N–H and O–H groups in total. The summed E-state index contributed by atoms with van der Waals surface area (Å²) in [6.45, 7) is 13.2. The van der Waals surface area contributed by atoms with Crippen molar-refractivity contribution in [3.8, 4) is 0 Å². The van der Waals surface area contributed by atoms with Crippen molar-refractivity contribution in [2.24, 2.45) is 5.92 Å². The molecule has 186 valence electrons. The maximum absolute atomic E-state index is 13.4. The first-order valence-electron chi connectivity index (χ1n) is 12.9. The molecule has 5 atom stereocenters. The SMILES string of the molecule is CCC1(C)CC(OC(=O)c2cccc3ccccc23)C(C)C(C)(CC)N1OC(C)c1ccccc1. The molecule has 5 unspecified atom stereocenters. The molecule has 0 saturated carbocycles. The minimum atomic E-state index is -0.296. The Labute approximate surface area is 210 Å². The maximum Gasteiger partial charge on any atom is 0.339 e. The third-order valence-corrected chi connectivity index (χ3v) is 8.41. The highest BCUT2D eigenvalue weighted by molar-refractivity contribution is 6.04. The second-order valence-electron chi connectivity index (χ2n) is 10.5. The molecule has 1 aliphatic rings. The number of ether oxygens (including phenoxy) is 1. The molecule has 3 aromatic rings. The molecular weight excluding hydrogens is 434 g/mol. The number of piperidine rings is 1. The van der Waals surface area contributed by atoms with E-state index in [-0.39, 0.29) is 35.2 Å². The Kier molecular flexibility index (Phi) is 7.35. The molecule has 0 amide bonds. The van der Waals surface area contributed by atoms with Crippen LogP contribution in [0.3, 0.4) is 0 Å². The Morgan fingerprint density at radius 1 is 0.971 bits per heavy atom. The number of carbonyl (C=O) groups is 1. The molecule has 1 aliphatic heterocycles. The molecule has 0 bridgehead atoms. The van der Waals surface area contributed by atoms with Crippen molar-refractivity contribution in [3.63, 3.8) is 0 Å². The largest absolute Gasteiger partial charge is 0.458 e. The number of hydrogen-bond acceptors (Lipinski definition) is 4. The van der Waals surface area contributed by atoms with E-state index in [2.05, 4.69) is 70.9 Å². The van der Waals surface area contributed by atoms with Crippen LogP contribution in [0.2, 0.25) is 0 Å². The fourth-order valence-corrected chi connectivity index (χ4v) is 5.59. The quantitative estimate of drug-likeness (QED) is 0.329. The van der Waals surface area contributed by atoms with E-state index >= 15 is 0 Å². The topological polar surface area (TPSA) is 38.8 Å². The van der Waals surface area contributed by atoms with Crippen LogP contribution in [0, 0.1) is 5.92 Å². The normalized spacial score (nSPS) is 28.1. The van der Waals surface area contributed by atoms with E-state index in [1.165, 1.54) is 0 Å². The molecule has 4 nitrogen and oxygen atoms in total. The van der Waals surface area contributed by atoms with Crippen LogP contribution in [-0.2, 0) is 9.57 Å². The molecule has 4 rings (SSSR count). The summed E-state index contributed by atoms with van der Waals surface area (Å²) in [6.07, 6.45) is 2.21. The van der Waals surface area contributed by atoms with Gasteiger partial charge in [-0.2, -0.15) is 5.06 Å². The standard InChI is InChI=1S/C31H39NO3/c1-7-30(5)21-28(34-29(33)27-20-14-18-25-17-12-13-19-26(25)27)22(3)31(6,8-2)32(30)35-23(4)24-15-10-9-11-16-24/h9-20,22-23,28H,7-8,21H2,1-6H3.